The Bertz CT molecular complexity index is 746. The van der Waals surface area contributed by atoms with Crippen LogP contribution in [-0.4, -0.2) is 24.9 Å². The Morgan fingerprint density at radius 1 is 1.17 bits per heavy atom. The molecule has 0 aliphatic rings. The maximum absolute atomic E-state index is 11.0. The molecule has 0 aliphatic heterocycles. The molecule has 124 valence electrons. The third-order valence-corrected chi connectivity index (χ3v) is 8.27. The Morgan fingerprint density at radius 2 is 1.75 bits per heavy atom. The third-order valence-electron chi connectivity index (χ3n) is 4.31. The lowest BCUT2D eigenvalue weighted by Gasteiger charge is -2.32. The first-order chi connectivity index (χ1) is 11.4. The number of hydrogen-bond donors (Lipinski definition) is 1. The number of carbonyl (C=O) groups is 1. The van der Waals surface area contributed by atoms with E-state index < -0.39 is 14.0 Å². The average molecular weight is 339 g/mol. The first-order valence-electron chi connectivity index (χ1n) is 7.89. The lowest BCUT2D eigenvalue weighted by Crippen LogP contribution is -2.55. The zero-order valence-electron chi connectivity index (χ0n) is 14.1. The number of ether oxygens (including phenoxy) is 1. The Kier molecular flexibility index (Phi) is 5.42. The van der Waals surface area contributed by atoms with Crippen LogP contribution < -0.4 is 9.92 Å². The summed E-state index contributed by atoms with van der Waals surface area (Å²) in [5.74, 6) is -0.162. The van der Waals surface area contributed by atoms with Gasteiger partial charge in [0.2, 0.25) is 0 Å². The summed E-state index contributed by atoms with van der Waals surface area (Å²) < 4.78 is 6.20. The van der Waals surface area contributed by atoms with Crippen molar-refractivity contribution >= 4 is 19.2 Å². The average Bonchev–Trinajstić information content (AvgIpc) is 2.60. The molecule has 0 aliphatic carbocycles. The number of nitriles is 1. The van der Waals surface area contributed by atoms with Crippen molar-refractivity contribution in [2.75, 3.05) is 0 Å². The summed E-state index contributed by atoms with van der Waals surface area (Å²) in [7, 11) is -1.95. The maximum Gasteiger partial charge on any atom is 0.335 e. The molecule has 0 amide bonds. The number of benzene rings is 2. The zero-order chi connectivity index (χ0) is 17.7. The largest absolute Gasteiger partial charge is 0.494 e. The number of rotatable bonds is 6. The van der Waals surface area contributed by atoms with Gasteiger partial charge in [-0.05, 0) is 42.8 Å². The van der Waals surface area contributed by atoms with Crippen molar-refractivity contribution in [1.82, 2.24) is 0 Å². The molecule has 0 fully saturated rings. The molecule has 0 saturated heterocycles. The predicted octanol–water partition coefficient (Wildman–Crippen LogP) is 3.57. The second-order valence-electron chi connectivity index (χ2n) is 6.26. The SMILES string of the molecule is CCC(Oc1ccc(C#N)cc1)[Si](C)(C)c1ccc(C(=O)O)cc1. The molecule has 0 radical (unpaired) electrons. The van der Waals surface area contributed by atoms with Crippen molar-refractivity contribution in [3.8, 4) is 11.8 Å². The Hall–Kier alpha value is -2.58. The molecule has 1 atom stereocenters. The molecule has 0 spiro atoms. The first-order valence-corrected chi connectivity index (χ1v) is 11.0. The van der Waals surface area contributed by atoms with Crippen molar-refractivity contribution in [3.63, 3.8) is 0 Å². The van der Waals surface area contributed by atoms with Gasteiger partial charge < -0.3 is 9.84 Å². The van der Waals surface area contributed by atoms with E-state index in [9.17, 15) is 4.79 Å². The molecule has 24 heavy (non-hydrogen) atoms. The molecule has 5 heteroatoms. The zero-order valence-corrected chi connectivity index (χ0v) is 15.1. The number of nitrogens with zero attached hydrogens (tertiary/aromatic N) is 1. The van der Waals surface area contributed by atoms with Crippen molar-refractivity contribution in [1.29, 1.82) is 5.26 Å². The minimum atomic E-state index is -1.95. The van der Waals surface area contributed by atoms with Gasteiger partial charge in [-0.3, -0.25) is 0 Å². The molecular formula is C19H21NO3Si. The Labute approximate surface area is 143 Å². The quantitative estimate of drug-likeness (QED) is 0.817. The number of carboxylic acids is 1. The van der Waals surface area contributed by atoms with E-state index in [0.29, 0.717) is 11.1 Å². The second kappa shape index (κ2) is 7.32. The summed E-state index contributed by atoms with van der Waals surface area (Å²) in [5, 5.41) is 19.1. The van der Waals surface area contributed by atoms with Gasteiger partial charge in [0.25, 0.3) is 0 Å². The van der Waals surface area contributed by atoms with Gasteiger partial charge in [0.15, 0.2) is 0 Å². The highest BCUT2D eigenvalue weighted by molar-refractivity contribution is 6.90. The first kappa shape index (κ1) is 17.8. The van der Waals surface area contributed by atoms with Crippen LogP contribution >= 0.6 is 0 Å². The van der Waals surface area contributed by atoms with E-state index in [1.165, 1.54) is 0 Å². The summed E-state index contributed by atoms with van der Waals surface area (Å²) in [6, 6.07) is 16.3. The van der Waals surface area contributed by atoms with Gasteiger partial charge in [0.05, 0.1) is 22.9 Å². The van der Waals surface area contributed by atoms with E-state index in [1.54, 1.807) is 24.3 Å². The molecule has 2 aromatic carbocycles. The van der Waals surface area contributed by atoms with Gasteiger partial charge in [-0.1, -0.05) is 37.3 Å². The van der Waals surface area contributed by atoms with E-state index >= 15 is 0 Å². The van der Waals surface area contributed by atoms with Crippen molar-refractivity contribution < 1.29 is 14.6 Å². The van der Waals surface area contributed by atoms with Crippen molar-refractivity contribution in [3.05, 3.63) is 59.7 Å². The monoisotopic (exact) mass is 339 g/mol. The lowest BCUT2D eigenvalue weighted by atomic mass is 10.2. The van der Waals surface area contributed by atoms with Crippen LogP contribution in [0.4, 0.5) is 0 Å². The highest BCUT2D eigenvalue weighted by Crippen LogP contribution is 2.21. The normalized spacial score (nSPS) is 12.2. The van der Waals surface area contributed by atoms with Crippen LogP contribution in [-0.2, 0) is 0 Å². The lowest BCUT2D eigenvalue weighted by molar-refractivity contribution is 0.0697. The molecule has 0 heterocycles. The van der Waals surface area contributed by atoms with E-state index in [1.807, 2.05) is 24.3 Å². The van der Waals surface area contributed by atoms with Crippen LogP contribution in [0.1, 0.15) is 29.3 Å². The standard InChI is InChI=1S/C19H21NO3Si/c1-4-18(23-16-9-5-14(13-20)6-10-16)24(2,3)17-11-7-15(8-12-17)19(21)22/h5-12,18H,4H2,1-3H3,(H,21,22). The van der Waals surface area contributed by atoms with E-state index in [2.05, 4.69) is 26.1 Å². The topological polar surface area (TPSA) is 70.3 Å². The predicted molar refractivity (Wildman–Crippen MR) is 96.4 cm³/mol. The fraction of sp³-hybridized carbons (Fsp3) is 0.263. The summed E-state index contributed by atoms with van der Waals surface area (Å²) in [6.45, 7) is 6.54. The van der Waals surface area contributed by atoms with Gasteiger partial charge in [-0.25, -0.2) is 4.79 Å². The van der Waals surface area contributed by atoms with Gasteiger partial charge in [-0.15, -0.1) is 0 Å². The minimum absolute atomic E-state index is 0.0566. The number of carboxylic acid groups (broad SMARTS) is 1. The summed E-state index contributed by atoms with van der Waals surface area (Å²) in [4.78, 5) is 11.0. The maximum atomic E-state index is 11.0. The van der Waals surface area contributed by atoms with Crippen LogP contribution in [0.5, 0.6) is 5.75 Å². The van der Waals surface area contributed by atoms with Crippen LogP contribution in [0.25, 0.3) is 0 Å². The van der Waals surface area contributed by atoms with Gasteiger partial charge >= 0.3 is 5.97 Å². The minimum Gasteiger partial charge on any atom is -0.494 e. The van der Waals surface area contributed by atoms with Crippen LogP contribution in [0.2, 0.25) is 13.1 Å². The van der Waals surface area contributed by atoms with E-state index in [0.717, 1.165) is 17.4 Å². The third kappa shape index (κ3) is 3.84. The molecular weight excluding hydrogens is 318 g/mol. The highest BCUT2D eigenvalue weighted by Gasteiger charge is 2.34. The molecule has 0 bridgehead atoms. The Morgan fingerprint density at radius 3 is 2.21 bits per heavy atom. The highest BCUT2D eigenvalue weighted by atomic mass is 28.3. The van der Waals surface area contributed by atoms with Crippen molar-refractivity contribution in [2.45, 2.75) is 32.2 Å². The fourth-order valence-electron chi connectivity index (χ4n) is 2.74. The van der Waals surface area contributed by atoms with Gasteiger partial charge in [-0.2, -0.15) is 5.26 Å². The summed E-state index contributed by atoms with van der Waals surface area (Å²) in [6.07, 6.45) is 0.861. The molecule has 1 N–H and O–H groups in total. The molecule has 1 unspecified atom stereocenters. The number of hydrogen-bond acceptors (Lipinski definition) is 3. The fourth-order valence-corrected chi connectivity index (χ4v) is 5.59. The smallest absolute Gasteiger partial charge is 0.335 e. The van der Waals surface area contributed by atoms with Gasteiger partial charge in [0, 0.05) is 0 Å². The van der Waals surface area contributed by atoms with Crippen LogP contribution in [0.3, 0.4) is 0 Å². The molecule has 0 saturated carbocycles. The molecule has 0 aromatic heterocycles. The molecule has 4 nitrogen and oxygen atoms in total. The second-order valence-corrected chi connectivity index (χ2v) is 10.9. The summed E-state index contributed by atoms with van der Waals surface area (Å²) in [5.41, 5.74) is 0.960. The van der Waals surface area contributed by atoms with E-state index in [4.69, 9.17) is 15.1 Å². The van der Waals surface area contributed by atoms with Crippen LogP contribution in [0.15, 0.2) is 48.5 Å². The van der Waals surface area contributed by atoms with Crippen molar-refractivity contribution in [2.24, 2.45) is 0 Å². The van der Waals surface area contributed by atoms with E-state index in [-0.39, 0.29) is 5.73 Å². The Balaban J connectivity index is 2.23. The summed E-state index contributed by atoms with van der Waals surface area (Å²) >= 11 is 0. The van der Waals surface area contributed by atoms with Gasteiger partial charge in [0.1, 0.15) is 13.8 Å². The molecule has 2 rings (SSSR count). The van der Waals surface area contributed by atoms with Crippen LogP contribution in [0, 0.1) is 11.3 Å². The number of aromatic carboxylic acids is 1. The molecule has 2 aromatic rings.